The number of fused-ring (bicyclic) bond motifs is 1. The van der Waals surface area contributed by atoms with Crippen molar-refractivity contribution in [2.45, 2.75) is 25.8 Å². The molecule has 0 radical (unpaired) electrons. The fourth-order valence-corrected chi connectivity index (χ4v) is 4.12. The molecule has 4 rings (SSSR count). The summed E-state index contributed by atoms with van der Waals surface area (Å²) in [7, 11) is 3.02. The lowest BCUT2D eigenvalue weighted by Crippen LogP contribution is -2.32. The molecule has 0 saturated heterocycles. The van der Waals surface area contributed by atoms with E-state index in [0.717, 1.165) is 11.8 Å². The van der Waals surface area contributed by atoms with Crippen molar-refractivity contribution in [1.29, 1.82) is 0 Å². The first-order chi connectivity index (χ1) is 15.5. The highest BCUT2D eigenvalue weighted by molar-refractivity contribution is 6.16. The molecule has 1 amide bonds. The van der Waals surface area contributed by atoms with Gasteiger partial charge in [-0.3, -0.25) is 9.59 Å². The third-order valence-electron chi connectivity index (χ3n) is 5.68. The first-order valence-corrected chi connectivity index (χ1v) is 10.5. The maximum absolute atomic E-state index is 13.6. The molecule has 0 spiro atoms. The van der Waals surface area contributed by atoms with Crippen LogP contribution in [0.15, 0.2) is 64.3 Å². The number of hydrogen-bond donors (Lipinski definition) is 1. The van der Waals surface area contributed by atoms with E-state index in [1.165, 1.54) is 19.1 Å². The third kappa shape index (κ3) is 3.49. The molecule has 1 N–H and O–H groups in total. The summed E-state index contributed by atoms with van der Waals surface area (Å²) in [6, 6.07) is 13.3. The number of aliphatic hydroxyl groups is 1. The van der Waals surface area contributed by atoms with Crippen LogP contribution in [0.2, 0.25) is 0 Å². The van der Waals surface area contributed by atoms with E-state index in [-0.39, 0.29) is 11.3 Å². The summed E-state index contributed by atoms with van der Waals surface area (Å²) in [5.41, 5.74) is 1.08. The zero-order chi connectivity index (χ0) is 22.8. The number of ketones is 1. The molecule has 1 aromatic heterocycles. The molecule has 0 bridgehead atoms. The van der Waals surface area contributed by atoms with E-state index in [0.29, 0.717) is 35.6 Å². The number of carbonyl (C=O) groups is 2. The van der Waals surface area contributed by atoms with Crippen molar-refractivity contribution in [2.75, 3.05) is 20.8 Å². The topological polar surface area (TPSA) is 89.2 Å². The Hall–Kier alpha value is -3.74. The van der Waals surface area contributed by atoms with Gasteiger partial charge in [0.05, 0.1) is 25.8 Å². The highest BCUT2D eigenvalue weighted by atomic mass is 16.5. The van der Waals surface area contributed by atoms with Crippen molar-refractivity contribution in [1.82, 2.24) is 4.90 Å². The van der Waals surface area contributed by atoms with Gasteiger partial charge in [-0.25, -0.2) is 0 Å². The van der Waals surface area contributed by atoms with Gasteiger partial charge in [-0.15, -0.1) is 0 Å². The van der Waals surface area contributed by atoms with E-state index in [4.69, 9.17) is 13.9 Å². The van der Waals surface area contributed by atoms with E-state index in [1.54, 1.807) is 30.3 Å². The van der Waals surface area contributed by atoms with Gasteiger partial charge >= 0.3 is 0 Å². The maximum atomic E-state index is 13.6. The van der Waals surface area contributed by atoms with Gasteiger partial charge in [0.25, 0.3) is 5.91 Å². The standard InChI is InChI=1S/C25H25NO6/c1-4-5-13-26-21(16-10-8-12-18(30-2)24(16)31-3)20(23(28)25(26)29)22(27)19-14-15-9-6-7-11-17(15)32-19/h6-12,14,21,28H,4-5,13H2,1-3H3. The van der Waals surface area contributed by atoms with Crippen LogP contribution in [0.25, 0.3) is 11.0 Å². The number of unbranched alkanes of at least 4 members (excludes halogenated alkanes) is 1. The van der Waals surface area contributed by atoms with E-state index in [9.17, 15) is 14.7 Å². The lowest BCUT2D eigenvalue weighted by Gasteiger charge is -2.28. The van der Waals surface area contributed by atoms with Crippen molar-refractivity contribution in [3.63, 3.8) is 0 Å². The van der Waals surface area contributed by atoms with Crippen LogP contribution >= 0.6 is 0 Å². The molecule has 3 aromatic rings. The largest absolute Gasteiger partial charge is 0.503 e. The minimum absolute atomic E-state index is 0.0308. The second-order valence-electron chi connectivity index (χ2n) is 7.58. The third-order valence-corrected chi connectivity index (χ3v) is 5.68. The number of carbonyl (C=O) groups excluding carboxylic acids is 2. The molecule has 7 heteroatoms. The molecule has 1 aliphatic heterocycles. The molecule has 166 valence electrons. The summed E-state index contributed by atoms with van der Waals surface area (Å²) < 4.78 is 16.7. The van der Waals surface area contributed by atoms with Crippen LogP contribution in [0.1, 0.15) is 41.9 Å². The molecule has 0 fully saturated rings. The van der Waals surface area contributed by atoms with Crippen molar-refractivity contribution in [2.24, 2.45) is 0 Å². The van der Waals surface area contributed by atoms with Gasteiger partial charge in [0.1, 0.15) is 5.58 Å². The molecular formula is C25H25NO6. The van der Waals surface area contributed by atoms with E-state index in [2.05, 4.69) is 0 Å². The second kappa shape index (κ2) is 8.78. The number of rotatable bonds is 8. The summed E-state index contributed by atoms with van der Waals surface area (Å²) in [4.78, 5) is 28.1. The van der Waals surface area contributed by atoms with Crippen molar-refractivity contribution in [3.05, 3.63) is 71.2 Å². The molecule has 32 heavy (non-hydrogen) atoms. The van der Waals surface area contributed by atoms with Gasteiger partial charge in [0, 0.05) is 17.5 Å². The van der Waals surface area contributed by atoms with Crippen molar-refractivity contribution < 1.29 is 28.6 Å². The van der Waals surface area contributed by atoms with Crippen LogP contribution in [0.4, 0.5) is 0 Å². The number of amides is 1. The summed E-state index contributed by atoms with van der Waals surface area (Å²) in [5.74, 6) is -0.770. The zero-order valence-corrected chi connectivity index (χ0v) is 18.3. The first-order valence-electron chi connectivity index (χ1n) is 10.5. The number of ether oxygens (including phenoxy) is 2. The SMILES string of the molecule is CCCCN1C(=O)C(O)=C(C(=O)c2cc3ccccc3o2)C1c1cccc(OC)c1OC. The van der Waals surface area contributed by atoms with Crippen LogP contribution in [0, 0.1) is 0 Å². The van der Waals surface area contributed by atoms with Crippen molar-refractivity contribution >= 4 is 22.7 Å². The fraction of sp³-hybridized carbons (Fsp3) is 0.280. The Bertz CT molecular complexity index is 1180. The normalized spacial score (nSPS) is 16.2. The molecular weight excluding hydrogens is 410 g/mol. The number of furan rings is 1. The van der Waals surface area contributed by atoms with Gasteiger partial charge in [-0.1, -0.05) is 43.7 Å². The smallest absolute Gasteiger partial charge is 0.290 e. The maximum Gasteiger partial charge on any atom is 0.290 e. The van der Waals surface area contributed by atoms with Gasteiger partial charge < -0.3 is 23.9 Å². The monoisotopic (exact) mass is 435 g/mol. The number of nitrogens with zero attached hydrogens (tertiary/aromatic N) is 1. The summed E-state index contributed by atoms with van der Waals surface area (Å²) in [6.45, 7) is 2.39. The number of aliphatic hydroxyl groups excluding tert-OH is 1. The number of hydrogen-bond acceptors (Lipinski definition) is 6. The van der Waals surface area contributed by atoms with Crippen LogP contribution in [-0.2, 0) is 4.79 Å². The zero-order valence-electron chi connectivity index (χ0n) is 18.3. The number of para-hydroxylation sites is 2. The van der Waals surface area contributed by atoms with Gasteiger partial charge in [0.2, 0.25) is 5.78 Å². The van der Waals surface area contributed by atoms with Gasteiger partial charge in [-0.2, -0.15) is 0 Å². The predicted molar refractivity (Wildman–Crippen MR) is 119 cm³/mol. The Labute approximate surface area is 185 Å². The molecule has 2 aromatic carbocycles. The fourth-order valence-electron chi connectivity index (χ4n) is 4.12. The number of methoxy groups -OCH3 is 2. The Kier molecular flexibility index (Phi) is 5.90. The molecule has 2 heterocycles. The summed E-state index contributed by atoms with van der Waals surface area (Å²) in [5, 5.41) is 11.6. The van der Waals surface area contributed by atoms with Crippen molar-refractivity contribution in [3.8, 4) is 11.5 Å². The molecule has 1 aliphatic rings. The summed E-state index contributed by atoms with van der Waals surface area (Å²) >= 11 is 0. The van der Waals surface area contributed by atoms with Crippen LogP contribution < -0.4 is 9.47 Å². The van der Waals surface area contributed by atoms with E-state index < -0.39 is 23.5 Å². The lowest BCUT2D eigenvalue weighted by atomic mass is 9.94. The second-order valence-corrected chi connectivity index (χ2v) is 7.58. The highest BCUT2D eigenvalue weighted by Crippen LogP contribution is 2.45. The molecule has 1 unspecified atom stereocenters. The highest BCUT2D eigenvalue weighted by Gasteiger charge is 2.45. The Morgan fingerprint density at radius 2 is 1.91 bits per heavy atom. The Morgan fingerprint density at radius 3 is 2.59 bits per heavy atom. The molecule has 1 atom stereocenters. The van der Waals surface area contributed by atoms with Crippen LogP contribution in [0.5, 0.6) is 11.5 Å². The minimum Gasteiger partial charge on any atom is -0.503 e. The predicted octanol–water partition coefficient (Wildman–Crippen LogP) is 4.83. The van der Waals surface area contributed by atoms with Crippen LogP contribution in [-0.4, -0.2) is 42.5 Å². The molecule has 0 saturated carbocycles. The van der Waals surface area contributed by atoms with Crippen LogP contribution in [0.3, 0.4) is 0 Å². The molecule has 0 aliphatic carbocycles. The molecule has 7 nitrogen and oxygen atoms in total. The average molecular weight is 435 g/mol. The minimum atomic E-state index is -0.834. The average Bonchev–Trinajstić information content (AvgIpc) is 3.36. The summed E-state index contributed by atoms with van der Waals surface area (Å²) in [6.07, 6.45) is 1.56. The quantitative estimate of drug-likeness (QED) is 0.510. The van der Waals surface area contributed by atoms with Gasteiger partial charge in [0.15, 0.2) is 23.0 Å². The van der Waals surface area contributed by atoms with E-state index >= 15 is 0 Å². The first kappa shape index (κ1) is 21.5. The number of benzene rings is 2. The number of Topliss-reactive ketones (excluding diaryl/α,β-unsaturated/α-hetero) is 1. The Morgan fingerprint density at radius 1 is 1.12 bits per heavy atom. The van der Waals surface area contributed by atoms with E-state index in [1.807, 2.05) is 25.1 Å². The Balaban J connectivity index is 1.87. The van der Waals surface area contributed by atoms with Gasteiger partial charge in [-0.05, 0) is 24.6 Å². The lowest BCUT2D eigenvalue weighted by molar-refractivity contribution is -0.129.